The van der Waals surface area contributed by atoms with Crippen molar-refractivity contribution in [3.05, 3.63) is 0 Å². The Morgan fingerprint density at radius 3 is 2.29 bits per heavy atom. The standard InChI is InChI=1S/C15H31N3O2S/c1-14-9-5-8-12-18(14)21(19,20)17(2)15(13-16)10-6-3-4-7-11-15/h14H,3-13,16H2,1-2H3. The first-order chi connectivity index (χ1) is 9.94. The van der Waals surface area contributed by atoms with Gasteiger partial charge in [0.2, 0.25) is 0 Å². The van der Waals surface area contributed by atoms with E-state index in [0.717, 1.165) is 44.9 Å². The minimum atomic E-state index is -3.41. The molecule has 0 aromatic rings. The zero-order valence-electron chi connectivity index (χ0n) is 13.6. The second-order valence-electron chi connectivity index (χ2n) is 6.77. The number of piperidine rings is 1. The Labute approximate surface area is 130 Å². The van der Waals surface area contributed by atoms with Gasteiger partial charge in [-0.05, 0) is 32.6 Å². The van der Waals surface area contributed by atoms with Crippen LogP contribution in [-0.4, -0.2) is 48.7 Å². The van der Waals surface area contributed by atoms with Crippen molar-refractivity contribution in [1.82, 2.24) is 8.61 Å². The van der Waals surface area contributed by atoms with Crippen LogP contribution >= 0.6 is 0 Å². The molecule has 1 unspecified atom stereocenters. The Morgan fingerprint density at radius 1 is 1.14 bits per heavy atom. The molecule has 1 aliphatic heterocycles. The van der Waals surface area contributed by atoms with Gasteiger partial charge in [-0.15, -0.1) is 0 Å². The molecule has 21 heavy (non-hydrogen) atoms. The van der Waals surface area contributed by atoms with Crippen LogP contribution in [0.2, 0.25) is 0 Å². The lowest BCUT2D eigenvalue weighted by Crippen LogP contribution is -2.59. The van der Waals surface area contributed by atoms with Gasteiger partial charge in [0.25, 0.3) is 10.2 Å². The smallest absolute Gasteiger partial charge is 0.282 e. The van der Waals surface area contributed by atoms with E-state index in [9.17, 15) is 8.42 Å². The van der Waals surface area contributed by atoms with Crippen molar-refractivity contribution >= 4 is 10.2 Å². The topological polar surface area (TPSA) is 66.6 Å². The summed E-state index contributed by atoms with van der Waals surface area (Å²) in [4.78, 5) is 0. The third-order valence-corrected chi connectivity index (χ3v) is 7.68. The zero-order valence-corrected chi connectivity index (χ0v) is 14.4. The third-order valence-electron chi connectivity index (χ3n) is 5.47. The molecule has 0 aromatic heterocycles. The quantitative estimate of drug-likeness (QED) is 0.807. The number of hydrogen-bond acceptors (Lipinski definition) is 3. The number of likely N-dealkylation sites (N-methyl/N-ethyl adjacent to an activating group) is 1. The van der Waals surface area contributed by atoms with Gasteiger partial charge in [-0.3, -0.25) is 0 Å². The third kappa shape index (κ3) is 3.44. The maximum absolute atomic E-state index is 13.1. The summed E-state index contributed by atoms with van der Waals surface area (Å²) in [5.74, 6) is 0. The van der Waals surface area contributed by atoms with Crippen LogP contribution in [0, 0.1) is 0 Å². The summed E-state index contributed by atoms with van der Waals surface area (Å²) in [6.07, 6.45) is 9.36. The molecule has 6 heteroatoms. The van der Waals surface area contributed by atoms with Gasteiger partial charge in [-0.25, -0.2) is 0 Å². The number of nitrogens with two attached hydrogens (primary N) is 1. The number of nitrogens with zero attached hydrogens (tertiary/aromatic N) is 2. The molecule has 1 atom stereocenters. The SMILES string of the molecule is CC1CCCCN1S(=O)(=O)N(C)C1(CN)CCCCCC1. The fourth-order valence-electron chi connectivity index (χ4n) is 3.85. The Hall–Kier alpha value is -0.170. The molecule has 1 heterocycles. The monoisotopic (exact) mass is 317 g/mol. The molecule has 2 fully saturated rings. The molecule has 1 aliphatic carbocycles. The summed E-state index contributed by atoms with van der Waals surface area (Å²) in [6, 6.07) is 0.104. The highest BCUT2D eigenvalue weighted by molar-refractivity contribution is 7.86. The first-order valence-corrected chi connectivity index (χ1v) is 9.80. The van der Waals surface area contributed by atoms with Crippen LogP contribution in [0.3, 0.4) is 0 Å². The van der Waals surface area contributed by atoms with Gasteiger partial charge in [0, 0.05) is 31.7 Å². The summed E-state index contributed by atoms with van der Waals surface area (Å²) >= 11 is 0. The van der Waals surface area contributed by atoms with E-state index in [1.807, 2.05) is 6.92 Å². The highest BCUT2D eigenvalue weighted by Crippen LogP contribution is 2.34. The van der Waals surface area contributed by atoms with E-state index in [2.05, 4.69) is 0 Å². The van der Waals surface area contributed by atoms with Crippen LogP contribution in [0.5, 0.6) is 0 Å². The van der Waals surface area contributed by atoms with Gasteiger partial charge in [-0.1, -0.05) is 32.1 Å². The number of hydrogen-bond donors (Lipinski definition) is 1. The van der Waals surface area contributed by atoms with Crippen LogP contribution in [0.4, 0.5) is 0 Å². The normalized spacial score (nSPS) is 28.5. The average molecular weight is 317 g/mol. The van der Waals surface area contributed by atoms with Gasteiger partial charge in [0.15, 0.2) is 0 Å². The van der Waals surface area contributed by atoms with E-state index in [1.54, 1.807) is 15.7 Å². The fraction of sp³-hybridized carbons (Fsp3) is 1.00. The summed E-state index contributed by atoms with van der Waals surface area (Å²) in [5, 5.41) is 0. The van der Waals surface area contributed by atoms with Crippen LogP contribution in [-0.2, 0) is 10.2 Å². The van der Waals surface area contributed by atoms with Crippen molar-refractivity contribution < 1.29 is 8.42 Å². The number of rotatable bonds is 4. The molecule has 0 spiro atoms. The lowest BCUT2D eigenvalue weighted by Gasteiger charge is -2.44. The van der Waals surface area contributed by atoms with Crippen molar-refractivity contribution in [2.45, 2.75) is 76.3 Å². The molecule has 0 aromatic carbocycles. The highest BCUT2D eigenvalue weighted by atomic mass is 32.2. The van der Waals surface area contributed by atoms with E-state index < -0.39 is 10.2 Å². The van der Waals surface area contributed by atoms with Gasteiger partial charge in [0.1, 0.15) is 0 Å². The van der Waals surface area contributed by atoms with Gasteiger partial charge < -0.3 is 5.73 Å². The van der Waals surface area contributed by atoms with Gasteiger partial charge in [-0.2, -0.15) is 17.0 Å². The molecule has 1 saturated heterocycles. The van der Waals surface area contributed by atoms with Crippen LogP contribution in [0.25, 0.3) is 0 Å². The molecule has 5 nitrogen and oxygen atoms in total. The molecule has 2 rings (SSSR count). The van der Waals surface area contributed by atoms with Gasteiger partial charge in [0.05, 0.1) is 0 Å². The predicted octanol–water partition coefficient (Wildman–Crippen LogP) is 2.09. The van der Waals surface area contributed by atoms with E-state index >= 15 is 0 Å². The molecule has 124 valence electrons. The Bertz CT molecular complexity index is 430. The van der Waals surface area contributed by atoms with Crippen molar-refractivity contribution in [1.29, 1.82) is 0 Å². The fourth-order valence-corrected chi connectivity index (χ4v) is 5.83. The summed E-state index contributed by atoms with van der Waals surface area (Å²) in [7, 11) is -1.67. The maximum atomic E-state index is 13.1. The highest BCUT2D eigenvalue weighted by Gasteiger charge is 2.43. The van der Waals surface area contributed by atoms with Crippen molar-refractivity contribution in [2.75, 3.05) is 20.1 Å². The van der Waals surface area contributed by atoms with Gasteiger partial charge >= 0.3 is 0 Å². The molecular formula is C15H31N3O2S. The van der Waals surface area contributed by atoms with Crippen molar-refractivity contribution in [2.24, 2.45) is 5.73 Å². The van der Waals surface area contributed by atoms with Crippen molar-refractivity contribution in [3.8, 4) is 0 Å². The van der Waals surface area contributed by atoms with Crippen molar-refractivity contribution in [3.63, 3.8) is 0 Å². The average Bonchev–Trinajstić information content (AvgIpc) is 2.73. The predicted molar refractivity (Wildman–Crippen MR) is 86.2 cm³/mol. The van der Waals surface area contributed by atoms with E-state index in [-0.39, 0.29) is 11.6 Å². The second kappa shape index (κ2) is 6.94. The summed E-state index contributed by atoms with van der Waals surface area (Å²) in [6.45, 7) is 3.09. The van der Waals surface area contributed by atoms with E-state index in [1.165, 1.54) is 12.8 Å². The maximum Gasteiger partial charge on any atom is 0.282 e. The lowest BCUT2D eigenvalue weighted by atomic mass is 9.90. The molecule has 2 N–H and O–H groups in total. The first kappa shape index (κ1) is 17.2. The minimum Gasteiger partial charge on any atom is -0.329 e. The molecular weight excluding hydrogens is 286 g/mol. The second-order valence-corrected chi connectivity index (χ2v) is 8.69. The molecule has 0 bridgehead atoms. The Kier molecular flexibility index (Phi) is 5.68. The van der Waals surface area contributed by atoms with E-state index in [0.29, 0.717) is 13.1 Å². The Balaban J connectivity index is 2.24. The lowest BCUT2D eigenvalue weighted by molar-refractivity contribution is 0.168. The van der Waals surface area contributed by atoms with Crippen LogP contribution in [0.15, 0.2) is 0 Å². The zero-order chi connectivity index (χ0) is 15.5. The molecule has 0 radical (unpaired) electrons. The first-order valence-electron chi connectivity index (χ1n) is 8.40. The van der Waals surface area contributed by atoms with Crippen LogP contribution in [0.1, 0.15) is 64.7 Å². The summed E-state index contributed by atoms with van der Waals surface area (Å²) < 4.78 is 29.4. The van der Waals surface area contributed by atoms with Crippen LogP contribution < -0.4 is 5.73 Å². The minimum absolute atomic E-state index is 0.104. The summed E-state index contributed by atoms with van der Waals surface area (Å²) in [5.41, 5.74) is 5.66. The van der Waals surface area contributed by atoms with E-state index in [4.69, 9.17) is 5.73 Å². The Morgan fingerprint density at radius 2 is 1.76 bits per heavy atom. The largest absolute Gasteiger partial charge is 0.329 e. The molecule has 0 amide bonds. The molecule has 2 aliphatic rings. The molecule has 1 saturated carbocycles.